The molecule has 0 radical (unpaired) electrons. The first-order valence-electron chi connectivity index (χ1n) is 8.19. The predicted octanol–water partition coefficient (Wildman–Crippen LogP) is 0.108. The summed E-state index contributed by atoms with van der Waals surface area (Å²) in [5.74, 6) is -0.949. The third-order valence-electron chi connectivity index (χ3n) is 4.22. The van der Waals surface area contributed by atoms with Gasteiger partial charge in [0.2, 0.25) is 11.8 Å². The highest BCUT2D eigenvalue weighted by Gasteiger charge is 2.35. The molecule has 2 atom stereocenters. The highest BCUT2D eigenvalue weighted by Crippen LogP contribution is 2.20. The van der Waals surface area contributed by atoms with Gasteiger partial charge in [-0.15, -0.1) is 0 Å². The number of likely N-dealkylation sites (tertiary alicyclic amines) is 1. The van der Waals surface area contributed by atoms with Gasteiger partial charge in [-0.1, -0.05) is 6.08 Å². The lowest BCUT2D eigenvalue weighted by molar-refractivity contribution is -0.153. The third kappa shape index (κ3) is 4.33. The quantitative estimate of drug-likeness (QED) is 0.422. The van der Waals surface area contributed by atoms with Gasteiger partial charge in [-0.25, -0.2) is 10.2 Å². The van der Waals surface area contributed by atoms with Crippen LogP contribution in [0, 0.1) is 5.92 Å². The largest absolute Gasteiger partial charge is 0.464 e. The van der Waals surface area contributed by atoms with E-state index in [4.69, 9.17) is 4.74 Å². The first kappa shape index (κ1) is 18.0. The standard InChI is InChI=1S/C16H24N4O4/c1-3-24-16(23)13-7-5-9-20(13)14(21)11-19-8-4-6-12(10-19)15(22)18-17-2/h4,8,12-13H,2-3,5-7,9-11H2,1H3,(H,18,22). The Morgan fingerprint density at radius 3 is 2.92 bits per heavy atom. The molecule has 2 aliphatic heterocycles. The number of carbonyl (C=O) groups excluding carboxylic acids is 3. The van der Waals surface area contributed by atoms with Crippen molar-refractivity contribution in [3.05, 3.63) is 12.3 Å². The number of hydrogen-bond donors (Lipinski definition) is 1. The Kier molecular flexibility index (Phi) is 6.34. The molecule has 1 N–H and O–H groups in total. The van der Waals surface area contributed by atoms with E-state index in [1.165, 1.54) is 0 Å². The van der Waals surface area contributed by atoms with Crippen molar-refractivity contribution >= 4 is 24.5 Å². The van der Waals surface area contributed by atoms with Crippen LogP contribution >= 0.6 is 0 Å². The van der Waals surface area contributed by atoms with Gasteiger partial charge in [0.05, 0.1) is 19.1 Å². The number of hydrazone groups is 1. The Bertz CT molecular complexity index is 534. The minimum absolute atomic E-state index is 0.127. The topological polar surface area (TPSA) is 91.3 Å². The van der Waals surface area contributed by atoms with Crippen molar-refractivity contribution in [1.82, 2.24) is 15.2 Å². The Morgan fingerprint density at radius 1 is 1.42 bits per heavy atom. The van der Waals surface area contributed by atoms with Crippen molar-refractivity contribution in [2.24, 2.45) is 11.0 Å². The minimum atomic E-state index is -0.490. The monoisotopic (exact) mass is 336 g/mol. The molecule has 0 aromatic carbocycles. The van der Waals surface area contributed by atoms with Gasteiger partial charge in [0.25, 0.3) is 0 Å². The Morgan fingerprint density at radius 2 is 2.21 bits per heavy atom. The molecule has 2 aliphatic rings. The lowest BCUT2D eigenvalue weighted by Gasteiger charge is -2.30. The summed E-state index contributed by atoms with van der Waals surface area (Å²) in [6.45, 7) is 6.42. The van der Waals surface area contributed by atoms with Crippen LogP contribution < -0.4 is 5.43 Å². The summed E-state index contributed by atoms with van der Waals surface area (Å²) in [5, 5.41) is 3.39. The number of rotatable bonds is 6. The first-order valence-corrected chi connectivity index (χ1v) is 8.19. The molecule has 0 aliphatic carbocycles. The zero-order valence-electron chi connectivity index (χ0n) is 13.9. The molecule has 8 heteroatoms. The lowest BCUT2D eigenvalue weighted by atomic mass is 10.0. The maximum atomic E-state index is 12.5. The van der Waals surface area contributed by atoms with Gasteiger partial charge in [-0.05, 0) is 32.4 Å². The molecule has 132 valence electrons. The fourth-order valence-corrected chi connectivity index (χ4v) is 3.08. The second-order valence-corrected chi connectivity index (χ2v) is 5.88. The molecular weight excluding hydrogens is 312 g/mol. The van der Waals surface area contributed by atoms with Crippen LogP contribution in [0.5, 0.6) is 0 Å². The van der Waals surface area contributed by atoms with Gasteiger partial charge in [0, 0.05) is 19.8 Å². The summed E-state index contributed by atoms with van der Waals surface area (Å²) in [5.41, 5.74) is 2.34. The molecule has 0 aromatic heterocycles. The van der Waals surface area contributed by atoms with E-state index in [0.29, 0.717) is 32.5 Å². The third-order valence-corrected chi connectivity index (χ3v) is 4.22. The predicted molar refractivity (Wildman–Crippen MR) is 87.9 cm³/mol. The van der Waals surface area contributed by atoms with E-state index >= 15 is 0 Å². The summed E-state index contributed by atoms with van der Waals surface area (Å²) in [7, 11) is 0. The minimum Gasteiger partial charge on any atom is -0.464 e. The van der Waals surface area contributed by atoms with Crippen molar-refractivity contribution in [1.29, 1.82) is 0 Å². The molecule has 2 unspecified atom stereocenters. The molecule has 0 aromatic rings. The fourth-order valence-electron chi connectivity index (χ4n) is 3.08. The van der Waals surface area contributed by atoms with E-state index in [1.54, 1.807) is 16.7 Å². The van der Waals surface area contributed by atoms with E-state index < -0.39 is 6.04 Å². The van der Waals surface area contributed by atoms with Crippen LogP contribution in [0.4, 0.5) is 0 Å². The van der Waals surface area contributed by atoms with Crippen molar-refractivity contribution in [2.75, 3.05) is 26.2 Å². The fraction of sp³-hybridized carbons (Fsp3) is 0.625. The van der Waals surface area contributed by atoms with Crippen LogP contribution in [-0.2, 0) is 19.1 Å². The van der Waals surface area contributed by atoms with E-state index in [0.717, 1.165) is 6.42 Å². The van der Waals surface area contributed by atoms with Gasteiger partial charge in [0.15, 0.2) is 0 Å². The molecular formula is C16H24N4O4. The number of hydrogen-bond acceptors (Lipinski definition) is 6. The van der Waals surface area contributed by atoms with Crippen molar-refractivity contribution in [3.8, 4) is 0 Å². The van der Waals surface area contributed by atoms with Gasteiger partial charge in [-0.3, -0.25) is 9.59 Å². The summed E-state index contributed by atoms with van der Waals surface area (Å²) in [6, 6.07) is -0.490. The van der Waals surface area contributed by atoms with E-state index in [9.17, 15) is 14.4 Å². The average Bonchev–Trinajstić information content (AvgIpc) is 3.05. The summed E-state index contributed by atoms with van der Waals surface area (Å²) >= 11 is 0. The maximum absolute atomic E-state index is 12.5. The van der Waals surface area contributed by atoms with Crippen LogP contribution in [0.2, 0.25) is 0 Å². The van der Waals surface area contributed by atoms with Crippen molar-refractivity contribution in [2.45, 2.75) is 32.2 Å². The summed E-state index contributed by atoms with van der Waals surface area (Å²) in [6.07, 6.45) is 5.70. The number of nitrogens with one attached hydrogen (secondary N) is 1. The van der Waals surface area contributed by atoms with E-state index in [-0.39, 0.29) is 30.2 Å². The normalized spacial score (nSPS) is 23.0. The van der Waals surface area contributed by atoms with Crippen molar-refractivity contribution in [3.63, 3.8) is 0 Å². The number of allylic oxidation sites excluding steroid dienone is 1. The van der Waals surface area contributed by atoms with Crippen LogP contribution in [0.1, 0.15) is 26.2 Å². The summed E-state index contributed by atoms with van der Waals surface area (Å²) < 4.78 is 5.04. The molecule has 8 nitrogen and oxygen atoms in total. The molecule has 2 rings (SSSR count). The van der Waals surface area contributed by atoms with Crippen LogP contribution in [0.15, 0.2) is 17.4 Å². The zero-order valence-corrected chi connectivity index (χ0v) is 13.9. The van der Waals surface area contributed by atoms with Crippen LogP contribution in [0.25, 0.3) is 0 Å². The van der Waals surface area contributed by atoms with Gasteiger partial charge in [0.1, 0.15) is 6.04 Å². The Labute approximate surface area is 141 Å². The molecule has 2 heterocycles. The Hall–Kier alpha value is -2.38. The number of esters is 1. The molecule has 0 saturated carbocycles. The molecule has 0 bridgehead atoms. The van der Waals surface area contributed by atoms with Gasteiger partial charge >= 0.3 is 5.97 Å². The van der Waals surface area contributed by atoms with Crippen LogP contribution in [-0.4, -0.2) is 66.6 Å². The molecule has 2 amide bonds. The first-order chi connectivity index (χ1) is 11.6. The molecule has 1 saturated heterocycles. The number of carbonyl (C=O) groups is 3. The summed E-state index contributed by atoms with van der Waals surface area (Å²) in [4.78, 5) is 39.7. The van der Waals surface area contributed by atoms with Gasteiger partial charge in [-0.2, -0.15) is 5.10 Å². The SMILES string of the molecule is C=NNC(=O)C1CC=CN(CC(=O)N2CCCC2C(=O)OCC)C1. The lowest BCUT2D eigenvalue weighted by Crippen LogP contribution is -2.47. The van der Waals surface area contributed by atoms with Crippen molar-refractivity contribution < 1.29 is 19.1 Å². The molecule has 24 heavy (non-hydrogen) atoms. The van der Waals surface area contributed by atoms with Crippen LogP contribution in [0.3, 0.4) is 0 Å². The second-order valence-electron chi connectivity index (χ2n) is 5.88. The molecule has 1 fully saturated rings. The number of nitrogens with zero attached hydrogens (tertiary/aromatic N) is 3. The Balaban J connectivity index is 1.92. The number of ether oxygens (including phenoxy) is 1. The van der Waals surface area contributed by atoms with E-state index in [2.05, 4.69) is 17.2 Å². The van der Waals surface area contributed by atoms with Gasteiger partial charge < -0.3 is 14.5 Å². The maximum Gasteiger partial charge on any atom is 0.328 e. The molecule has 0 spiro atoms. The highest BCUT2D eigenvalue weighted by atomic mass is 16.5. The number of amides is 2. The smallest absolute Gasteiger partial charge is 0.328 e. The highest BCUT2D eigenvalue weighted by molar-refractivity contribution is 5.86. The zero-order chi connectivity index (χ0) is 17.5. The second kappa shape index (κ2) is 8.47. The average molecular weight is 336 g/mol. The van der Waals surface area contributed by atoms with E-state index in [1.807, 2.05) is 12.3 Å².